The molecule has 0 amide bonds. The Balaban J connectivity index is 2.46. The van der Waals surface area contributed by atoms with Crippen LogP contribution in [0.25, 0.3) is 0 Å². The number of benzene rings is 3. The minimum Gasteiger partial charge on any atom is -0.160 e. The van der Waals surface area contributed by atoms with Gasteiger partial charge >= 0.3 is 0 Å². The second kappa shape index (κ2) is 8.74. The summed E-state index contributed by atoms with van der Waals surface area (Å²) < 4.78 is 0. The third kappa shape index (κ3) is 4.65. The van der Waals surface area contributed by atoms with Crippen LogP contribution < -0.4 is 15.9 Å². The summed E-state index contributed by atoms with van der Waals surface area (Å²) in [7, 11) is -2.31. The first kappa shape index (κ1) is 22.2. The second-order valence-corrected chi connectivity index (χ2v) is 12.7. The third-order valence-electron chi connectivity index (χ3n) is 5.09. The minimum absolute atomic E-state index is 0.0680. The standard InChI is InChI=1S/C27H33N2P/c1-26(2,3)25(27(4,5)6)28-29-30(22-16-10-7-11-17-22,23-18-12-8-13-19-23)24-20-14-9-15-21-24/h7-21H,1-6H3. The normalized spacial score (nSPS) is 12.3. The Kier molecular flexibility index (Phi) is 6.48. The van der Waals surface area contributed by atoms with Gasteiger partial charge in [0.15, 0.2) is 0 Å². The van der Waals surface area contributed by atoms with Gasteiger partial charge in [-0.1, -0.05) is 133 Å². The zero-order valence-electron chi connectivity index (χ0n) is 19.0. The molecule has 30 heavy (non-hydrogen) atoms. The number of rotatable bonds is 4. The Morgan fingerprint density at radius 1 is 0.533 bits per heavy atom. The van der Waals surface area contributed by atoms with Gasteiger partial charge in [0.25, 0.3) is 0 Å². The summed E-state index contributed by atoms with van der Waals surface area (Å²) in [5.74, 6) is 0. The number of hydrogen-bond donors (Lipinski definition) is 0. The maximum Gasteiger partial charge on any atom is 0.0837 e. The molecule has 0 aromatic heterocycles. The molecule has 3 rings (SSSR count). The molecule has 0 radical (unpaired) electrons. The summed E-state index contributed by atoms with van der Waals surface area (Å²) in [6.07, 6.45) is 0. The number of nitrogens with zero attached hydrogens (tertiary/aromatic N) is 2. The summed E-state index contributed by atoms with van der Waals surface area (Å²) in [4.78, 5) is 5.30. The summed E-state index contributed by atoms with van der Waals surface area (Å²) >= 11 is 0. The molecule has 156 valence electrons. The van der Waals surface area contributed by atoms with E-state index in [-0.39, 0.29) is 10.8 Å². The van der Waals surface area contributed by atoms with Gasteiger partial charge < -0.3 is 0 Å². The lowest BCUT2D eigenvalue weighted by molar-refractivity contribution is 0.477. The first-order valence-corrected chi connectivity index (χ1v) is 12.3. The molecule has 0 heterocycles. The van der Waals surface area contributed by atoms with E-state index in [0.29, 0.717) is 0 Å². The van der Waals surface area contributed by atoms with Crippen molar-refractivity contribution in [3.8, 4) is 0 Å². The van der Waals surface area contributed by atoms with Gasteiger partial charge in [-0.2, -0.15) is 9.96 Å². The smallest absolute Gasteiger partial charge is 0.0837 e. The van der Waals surface area contributed by atoms with E-state index in [0.717, 1.165) is 5.71 Å². The molecule has 3 aromatic carbocycles. The predicted molar refractivity (Wildman–Crippen MR) is 134 cm³/mol. The van der Waals surface area contributed by atoms with Gasteiger partial charge in [-0.3, -0.25) is 0 Å². The van der Waals surface area contributed by atoms with E-state index in [2.05, 4.69) is 133 Å². The van der Waals surface area contributed by atoms with Crippen LogP contribution in [0.2, 0.25) is 0 Å². The Hall–Kier alpha value is -2.44. The highest BCUT2D eigenvalue weighted by atomic mass is 31.2. The van der Waals surface area contributed by atoms with Gasteiger partial charge in [0.1, 0.15) is 0 Å². The quantitative estimate of drug-likeness (QED) is 0.260. The third-order valence-corrected chi connectivity index (χ3v) is 8.58. The second-order valence-electron chi connectivity index (χ2n) is 9.68. The summed E-state index contributed by atoms with van der Waals surface area (Å²) in [6.45, 7) is 13.3. The maximum atomic E-state index is 5.30. The van der Waals surface area contributed by atoms with Gasteiger partial charge in [0.2, 0.25) is 0 Å². The Morgan fingerprint density at radius 3 is 1.10 bits per heavy atom. The number of hydrogen-bond acceptors (Lipinski definition) is 1. The van der Waals surface area contributed by atoms with E-state index in [4.69, 9.17) is 9.96 Å². The lowest BCUT2D eigenvalue weighted by Gasteiger charge is -2.32. The van der Waals surface area contributed by atoms with Crippen LogP contribution in [-0.2, 0) is 0 Å². The monoisotopic (exact) mass is 416 g/mol. The van der Waals surface area contributed by atoms with Crippen LogP contribution in [0.4, 0.5) is 0 Å². The van der Waals surface area contributed by atoms with Crippen LogP contribution >= 0.6 is 7.05 Å². The van der Waals surface area contributed by atoms with E-state index in [1.54, 1.807) is 0 Å². The van der Waals surface area contributed by atoms with Crippen molar-refractivity contribution in [3.05, 3.63) is 91.0 Å². The molecule has 0 saturated heterocycles. The van der Waals surface area contributed by atoms with Crippen LogP contribution in [0, 0.1) is 10.8 Å². The topological polar surface area (TPSA) is 24.7 Å². The fourth-order valence-electron chi connectivity index (χ4n) is 4.07. The Morgan fingerprint density at radius 2 is 0.833 bits per heavy atom. The van der Waals surface area contributed by atoms with Crippen LogP contribution in [0.15, 0.2) is 101 Å². The van der Waals surface area contributed by atoms with Crippen LogP contribution in [0.1, 0.15) is 41.5 Å². The first-order valence-electron chi connectivity index (χ1n) is 10.5. The summed E-state index contributed by atoms with van der Waals surface area (Å²) in [5.41, 5.74) is 0.977. The average molecular weight is 417 g/mol. The lowest BCUT2D eigenvalue weighted by Crippen LogP contribution is -2.33. The van der Waals surface area contributed by atoms with Crippen molar-refractivity contribution in [3.63, 3.8) is 0 Å². The van der Waals surface area contributed by atoms with Gasteiger partial charge in [-0.15, -0.1) is 0 Å². The fraction of sp³-hybridized carbons (Fsp3) is 0.296. The van der Waals surface area contributed by atoms with E-state index >= 15 is 0 Å². The predicted octanol–water partition coefficient (Wildman–Crippen LogP) is 6.61. The first-order chi connectivity index (χ1) is 14.2. The van der Waals surface area contributed by atoms with Crippen molar-refractivity contribution in [2.75, 3.05) is 0 Å². The average Bonchev–Trinajstić information content (AvgIpc) is 2.71. The highest BCUT2D eigenvalue weighted by Gasteiger charge is 2.32. The van der Waals surface area contributed by atoms with Gasteiger partial charge in [0.05, 0.1) is 12.8 Å². The van der Waals surface area contributed by atoms with Crippen molar-refractivity contribution < 1.29 is 0 Å². The Labute approximate surface area is 182 Å². The minimum atomic E-state index is -2.31. The molecule has 0 saturated carbocycles. The molecule has 2 nitrogen and oxygen atoms in total. The maximum absolute atomic E-state index is 5.30. The van der Waals surface area contributed by atoms with E-state index < -0.39 is 7.05 Å². The molecular formula is C27H33N2P. The Bertz CT molecular complexity index is 919. The van der Waals surface area contributed by atoms with E-state index in [1.807, 2.05) is 0 Å². The van der Waals surface area contributed by atoms with Gasteiger partial charge in [-0.25, -0.2) is 0 Å². The SMILES string of the molecule is CC(C)(C)C(=NN=P(c1ccccc1)(c1ccccc1)c1ccccc1)C(C)(C)C. The highest BCUT2D eigenvalue weighted by Crippen LogP contribution is 2.47. The van der Waals surface area contributed by atoms with Crippen molar-refractivity contribution in [1.29, 1.82) is 0 Å². The highest BCUT2D eigenvalue weighted by molar-refractivity contribution is 7.87. The van der Waals surface area contributed by atoms with E-state index in [9.17, 15) is 0 Å². The molecular weight excluding hydrogens is 383 g/mol. The molecule has 0 fully saturated rings. The van der Waals surface area contributed by atoms with Gasteiger partial charge in [0, 0.05) is 26.7 Å². The molecule has 0 aliphatic carbocycles. The van der Waals surface area contributed by atoms with Crippen LogP contribution in [0.3, 0.4) is 0 Å². The molecule has 3 heteroatoms. The largest absolute Gasteiger partial charge is 0.160 e. The molecule has 0 bridgehead atoms. The molecule has 0 atom stereocenters. The summed E-state index contributed by atoms with van der Waals surface area (Å²) in [5, 5.41) is 8.71. The molecule has 0 N–H and O–H groups in total. The van der Waals surface area contributed by atoms with Gasteiger partial charge in [-0.05, 0) is 0 Å². The lowest BCUT2D eigenvalue weighted by atomic mass is 9.75. The van der Waals surface area contributed by atoms with Crippen molar-refractivity contribution in [1.82, 2.24) is 0 Å². The molecule has 0 aliphatic heterocycles. The summed E-state index contributed by atoms with van der Waals surface area (Å²) in [6, 6.07) is 32.0. The molecule has 3 aromatic rings. The van der Waals surface area contributed by atoms with Crippen LogP contribution in [-0.4, -0.2) is 5.71 Å². The van der Waals surface area contributed by atoms with E-state index in [1.165, 1.54) is 15.9 Å². The molecule has 0 spiro atoms. The zero-order chi connectivity index (χ0) is 21.8. The fourth-order valence-corrected chi connectivity index (χ4v) is 7.31. The zero-order valence-corrected chi connectivity index (χ0v) is 19.9. The van der Waals surface area contributed by atoms with Crippen LogP contribution in [0.5, 0.6) is 0 Å². The van der Waals surface area contributed by atoms with Crippen molar-refractivity contribution in [2.24, 2.45) is 20.8 Å². The molecule has 0 aliphatic rings. The van der Waals surface area contributed by atoms with Crippen molar-refractivity contribution in [2.45, 2.75) is 41.5 Å². The van der Waals surface area contributed by atoms with Crippen molar-refractivity contribution >= 4 is 28.7 Å². The molecule has 0 unspecified atom stereocenters.